The summed E-state index contributed by atoms with van der Waals surface area (Å²) in [4.78, 5) is 11.1. The van der Waals surface area contributed by atoms with Crippen LogP contribution in [0.4, 0.5) is 0 Å². The molecule has 13 heavy (non-hydrogen) atoms. The van der Waals surface area contributed by atoms with Crippen LogP contribution in [0.25, 0.3) is 0 Å². The molecule has 0 aliphatic rings. The van der Waals surface area contributed by atoms with E-state index in [0.717, 1.165) is 26.1 Å². The molecular formula is C10H22N2O. The molecule has 0 aromatic rings. The predicted octanol–water partition coefficient (Wildman–Crippen LogP) is 1.15. The summed E-state index contributed by atoms with van der Waals surface area (Å²) >= 11 is 0. The van der Waals surface area contributed by atoms with Crippen molar-refractivity contribution >= 4 is 5.91 Å². The molecule has 0 aromatic carbocycles. The van der Waals surface area contributed by atoms with Gasteiger partial charge in [-0.1, -0.05) is 20.8 Å². The average Bonchev–Trinajstić information content (AvgIpc) is 2.08. The second-order valence-corrected chi connectivity index (χ2v) is 3.70. The Balaban J connectivity index is 3.17. The van der Waals surface area contributed by atoms with E-state index in [0.29, 0.717) is 12.3 Å². The van der Waals surface area contributed by atoms with Crippen LogP contribution in [-0.2, 0) is 4.79 Å². The molecule has 0 saturated heterocycles. The molecule has 0 unspecified atom stereocenters. The zero-order valence-electron chi connectivity index (χ0n) is 9.02. The normalized spacial score (nSPS) is 10.5. The lowest BCUT2D eigenvalue weighted by Crippen LogP contribution is -2.29. The fourth-order valence-electron chi connectivity index (χ4n) is 0.945. The summed E-state index contributed by atoms with van der Waals surface area (Å²) in [7, 11) is 0. The van der Waals surface area contributed by atoms with E-state index in [1.54, 1.807) is 0 Å². The van der Waals surface area contributed by atoms with Crippen molar-refractivity contribution in [2.75, 3.05) is 19.6 Å². The standard InChI is InChI=1S/C10H22N2O/c1-4-6-12-10(13)5-7-11-8-9(2)3/h9,11H,4-8H2,1-3H3,(H,12,13). The van der Waals surface area contributed by atoms with Crippen molar-refractivity contribution in [3.63, 3.8) is 0 Å². The number of nitrogens with one attached hydrogen (secondary N) is 2. The van der Waals surface area contributed by atoms with Gasteiger partial charge in [0, 0.05) is 19.5 Å². The van der Waals surface area contributed by atoms with Crippen molar-refractivity contribution in [2.45, 2.75) is 33.6 Å². The van der Waals surface area contributed by atoms with Gasteiger partial charge in [-0.2, -0.15) is 0 Å². The third-order valence-electron chi connectivity index (χ3n) is 1.65. The summed E-state index contributed by atoms with van der Waals surface area (Å²) in [5.41, 5.74) is 0. The minimum atomic E-state index is 0.151. The Morgan fingerprint density at radius 2 is 2.00 bits per heavy atom. The maximum Gasteiger partial charge on any atom is 0.221 e. The van der Waals surface area contributed by atoms with Crippen molar-refractivity contribution in [3.05, 3.63) is 0 Å². The predicted molar refractivity (Wildman–Crippen MR) is 55.6 cm³/mol. The summed E-state index contributed by atoms with van der Waals surface area (Å²) in [6.07, 6.45) is 1.60. The summed E-state index contributed by atoms with van der Waals surface area (Å²) in [5.74, 6) is 0.803. The SMILES string of the molecule is CCCNC(=O)CCNCC(C)C. The summed E-state index contributed by atoms with van der Waals surface area (Å²) in [5, 5.41) is 6.07. The lowest BCUT2D eigenvalue weighted by atomic mass is 10.2. The van der Waals surface area contributed by atoms with Gasteiger partial charge in [0.25, 0.3) is 0 Å². The van der Waals surface area contributed by atoms with E-state index in [1.807, 2.05) is 0 Å². The first-order valence-electron chi connectivity index (χ1n) is 5.14. The second-order valence-electron chi connectivity index (χ2n) is 3.70. The zero-order chi connectivity index (χ0) is 10.1. The van der Waals surface area contributed by atoms with Gasteiger partial charge in [0.2, 0.25) is 5.91 Å². The highest BCUT2D eigenvalue weighted by molar-refractivity contribution is 5.75. The fourth-order valence-corrected chi connectivity index (χ4v) is 0.945. The van der Waals surface area contributed by atoms with Crippen LogP contribution in [0.5, 0.6) is 0 Å². The summed E-state index contributed by atoms with van der Waals surface area (Å²) < 4.78 is 0. The Bertz CT molecular complexity index is 135. The molecule has 2 N–H and O–H groups in total. The molecule has 78 valence electrons. The Kier molecular flexibility index (Phi) is 7.69. The van der Waals surface area contributed by atoms with Crippen molar-refractivity contribution in [3.8, 4) is 0 Å². The molecule has 0 radical (unpaired) electrons. The van der Waals surface area contributed by atoms with Crippen LogP contribution in [0, 0.1) is 5.92 Å². The van der Waals surface area contributed by atoms with Gasteiger partial charge in [0.1, 0.15) is 0 Å². The van der Waals surface area contributed by atoms with Gasteiger partial charge in [-0.05, 0) is 18.9 Å². The quantitative estimate of drug-likeness (QED) is 0.586. The minimum Gasteiger partial charge on any atom is -0.356 e. The lowest BCUT2D eigenvalue weighted by Gasteiger charge is -2.07. The number of carbonyl (C=O) groups is 1. The Morgan fingerprint density at radius 1 is 1.31 bits per heavy atom. The molecule has 0 spiro atoms. The number of carbonyl (C=O) groups excluding carboxylic acids is 1. The Morgan fingerprint density at radius 3 is 2.54 bits per heavy atom. The van der Waals surface area contributed by atoms with E-state index >= 15 is 0 Å². The molecular weight excluding hydrogens is 164 g/mol. The Hall–Kier alpha value is -0.570. The van der Waals surface area contributed by atoms with Crippen LogP contribution >= 0.6 is 0 Å². The maximum absolute atomic E-state index is 11.1. The molecule has 3 heteroatoms. The summed E-state index contributed by atoms with van der Waals surface area (Å²) in [6, 6.07) is 0. The van der Waals surface area contributed by atoms with E-state index in [4.69, 9.17) is 0 Å². The van der Waals surface area contributed by atoms with Crippen LogP contribution in [0.3, 0.4) is 0 Å². The van der Waals surface area contributed by atoms with Crippen molar-refractivity contribution in [1.82, 2.24) is 10.6 Å². The highest BCUT2D eigenvalue weighted by Gasteiger charge is 1.99. The largest absolute Gasteiger partial charge is 0.356 e. The van der Waals surface area contributed by atoms with E-state index in [9.17, 15) is 4.79 Å². The molecule has 1 amide bonds. The van der Waals surface area contributed by atoms with Crippen LogP contribution < -0.4 is 10.6 Å². The highest BCUT2D eigenvalue weighted by atomic mass is 16.1. The van der Waals surface area contributed by atoms with Crippen molar-refractivity contribution < 1.29 is 4.79 Å². The van der Waals surface area contributed by atoms with Crippen molar-refractivity contribution in [1.29, 1.82) is 0 Å². The van der Waals surface area contributed by atoms with Crippen LogP contribution in [0.1, 0.15) is 33.6 Å². The van der Waals surface area contributed by atoms with Gasteiger partial charge in [-0.15, -0.1) is 0 Å². The van der Waals surface area contributed by atoms with Gasteiger partial charge in [0.05, 0.1) is 0 Å². The van der Waals surface area contributed by atoms with Crippen molar-refractivity contribution in [2.24, 2.45) is 5.92 Å². The molecule has 0 atom stereocenters. The molecule has 0 saturated carbocycles. The first kappa shape index (κ1) is 12.4. The number of rotatable bonds is 7. The van der Waals surface area contributed by atoms with Gasteiger partial charge < -0.3 is 10.6 Å². The molecule has 0 bridgehead atoms. The monoisotopic (exact) mass is 186 g/mol. The van der Waals surface area contributed by atoms with Gasteiger partial charge in [0.15, 0.2) is 0 Å². The molecule has 0 aliphatic carbocycles. The molecule has 0 aliphatic heterocycles. The number of amides is 1. The van der Waals surface area contributed by atoms with E-state index < -0.39 is 0 Å². The molecule has 3 nitrogen and oxygen atoms in total. The Labute approximate surface area is 81.3 Å². The van der Waals surface area contributed by atoms with Gasteiger partial charge in [-0.25, -0.2) is 0 Å². The van der Waals surface area contributed by atoms with Gasteiger partial charge in [-0.3, -0.25) is 4.79 Å². The summed E-state index contributed by atoms with van der Waals surface area (Å²) in [6.45, 7) is 8.93. The minimum absolute atomic E-state index is 0.151. The number of hydrogen-bond donors (Lipinski definition) is 2. The first-order valence-corrected chi connectivity index (χ1v) is 5.14. The third kappa shape index (κ3) is 9.34. The smallest absolute Gasteiger partial charge is 0.221 e. The highest BCUT2D eigenvalue weighted by Crippen LogP contribution is 1.87. The molecule has 0 rings (SSSR count). The fraction of sp³-hybridized carbons (Fsp3) is 0.900. The average molecular weight is 186 g/mol. The van der Waals surface area contributed by atoms with Crippen LogP contribution in [0.2, 0.25) is 0 Å². The second kappa shape index (κ2) is 8.05. The third-order valence-corrected chi connectivity index (χ3v) is 1.65. The lowest BCUT2D eigenvalue weighted by molar-refractivity contribution is -0.120. The van der Waals surface area contributed by atoms with Crippen LogP contribution in [0.15, 0.2) is 0 Å². The molecule has 0 heterocycles. The van der Waals surface area contributed by atoms with E-state index in [1.165, 1.54) is 0 Å². The first-order chi connectivity index (χ1) is 6.16. The zero-order valence-corrected chi connectivity index (χ0v) is 9.02. The number of hydrogen-bond acceptors (Lipinski definition) is 2. The maximum atomic E-state index is 11.1. The van der Waals surface area contributed by atoms with Gasteiger partial charge >= 0.3 is 0 Å². The topological polar surface area (TPSA) is 41.1 Å². The molecule has 0 fully saturated rings. The molecule has 0 aromatic heterocycles. The van der Waals surface area contributed by atoms with E-state index in [-0.39, 0.29) is 5.91 Å². The van der Waals surface area contributed by atoms with E-state index in [2.05, 4.69) is 31.4 Å². The van der Waals surface area contributed by atoms with Crippen LogP contribution in [-0.4, -0.2) is 25.5 Å².